The van der Waals surface area contributed by atoms with Crippen molar-refractivity contribution in [2.45, 2.75) is 25.3 Å². The third-order valence-corrected chi connectivity index (χ3v) is 0.750. The molecule has 4 heteroatoms. The van der Waals surface area contributed by atoms with E-state index >= 15 is 0 Å². The van der Waals surface area contributed by atoms with Gasteiger partial charge in [-0.3, -0.25) is 0 Å². The first-order valence-electron chi connectivity index (χ1n) is 3.00. The van der Waals surface area contributed by atoms with Crippen LogP contribution in [0.2, 0.25) is 0 Å². The van der Waals surface area contributed by atoms with Gasteiger partial charge in [0.05, 0.1) is 6.61 Å². The normalized spacial score (nSPS) is 10.8. The van der Waals surface area contributed by atoms with Crippen molar-refractivity contribution < 1.29 is 14.3 Å². The Kier molecular flexibility index (Phi) is 3.71. The molecule has 0 amide bonds. The molecule has 0 aromatic heterocycles. The minimum atomic E-state index is -0.649. The van der Waals surface area contributed by atoms with Crippen LogP contribution in [0.25, 0.3) is 0 Å². The van der Waals surface area contributed by atoms with Gasteiger partial charge < -0.3 is 9.47 Å². The summed E-state index contributed by atoms with van der Waals surface area (Å²) in [5.41, 5.74) is 0. The Morgan fingerprint density at radius 1 is 1.60 bits per heavy atom. The molecule has 0 fully saturated rings. The number of alkyl halides is 1. The number of ether oxygens (including phenoxy) is 2. The van der Waals surface area contributed by atoms with Crippen LogP contribution in [0.15, 0.2) is 0 Å². The molecule has 10 heavy (non-hydrogen) atoms. The zero-order chi connectivity index (χ0) is 8.20. The molecule has 0 rings (SSSR count). The maximum atomic E-state index is 10.6. The summed E-state index contributed by atoms with van der Waals surface area (Å²) >= 11 is 3.13. The van der Waals surface area contributed by atoms with Gasteiger partial charge in [-0.05, 0) is 36.7 Å². The van der Waals surface area contributed by atoms with Crippen molar-refractivity contribution in [2.24, 2.45) is 0 Å². The molecule has 0 aliphatic carbocycles. The number of halogens is 1. The monoisotopic (exact) mass is 210 g/mol. The van der Waals surface area contributed by atoms with E-state index in [1.54, 1.807) is 20.8 Å². The highest BCUT2D eigenvalue weighted by atomic mass is 79.9. The van der Waals surface area contributed by atoms with Crippen LogP contribution < -0.4 is 0 Å². The lowest BCUT2D eigenvalue weighted by Crippen LogP contribution is -2.21. The first-order chi connectivity index (χ1) is 4.45. The largest absolute Gasteiger partial charge is 0.509 e. The molecule has 3 nitrogen and oxygen atoms in total. The lowest BCUT2D eigenvalue weighted by Gasteiger charge is -2.15. The SMILES string of the molecule is CCOC(=O)OC(C)(C)Br. The van der Waals surface area contributed by atoms with Gasteiger partial charge >= 0.3 is 6.16 Å². The molecule has 0 saturated carbocycles. The summed E-state index contributed by atoms with van der Waals surface area (Å²) in [5, 5.41) is 0. The van der Waals surface area contributed by atoms with Gasteiger partial charge in [-0.25, -0.2) is 4.79 Å². The second-order valence-corrected chi connectivity index (χ2v) is 4.06. The Hall–Kier alpha value is -0.250. The number of carbonyl (C=O) groups excluding carboxylic acids is 1. The molecule has 0 unspecified atom stereocenters. The van der Waals surface area contributed by atoms with E-state index in [0.29, 0.717) is 6.61 Å². The third-order valence-electron chi connectivity index (χ3n) is 0.588. The van der Waals surface area contributed by atoms with Crippen molar-refractivity contribution in [2.75, 3.05) is 6.61 Å². The standard InChI is InChI=1S/C6H11BrO3/c1-4-9-5(8)10-6(2,3)7/h4H2,1-3H3. The van der Waals surface area contributed by atoms with Crippen LogP contribution in [0, 0.1) is 0 Å². The fourth-order valence-corrected chi connectivity index (χ4v) is 0.478. The van der Waals surface area contributed by atoms with Crippen LogP contribution in [-0.2, 0) is 9.47 Å². The lowest BCUT2D eigenvalue weighted by molar-refractivity contribution is 0.0283. The fourth-order valence-electron chi connectivity index (χ4n) is 0.345. The van der Waals surface area contributed by atoms with E-state index in [4.69, 9.17) is 4.74 Å². The molecule has 0 N–H and O–H groups in total. The Morgan fingerprint density at radius 2 is 2.10 bits per heavy atom. The predicted molar refractivity (Wildman–Crippen MR) is 41.1 cm³/mol. The van der Waals surface area contributed by atoms with Crippen molar-refractivity contribution >= 4 is 22.1 Å². The summed E-state index contributed by atoms with van der Waals surface area (Å²) < 4.78 is 8.62. The topological polar surface area (TPSA) is 35.5 Å². The molecule has 0 aromatic carbocycles. The van der Waals surface area contributed by atoms with Gasteiger partial charge in [0, 0.05) is 0 Å². The molecule has 0 spiro atoms. The zero-order valence-electron chi connectivity index (χ0n) is 6.31. The number of rotatable bonds is 2. The van der Waals surface area contributed by atoms with Crippen LogP contribution in [0.5, 0.6) is 0 Å². The minimum Gasteiger partial charge on any atom is -0.435 e. The molecule has 60 valence electrons. The van der Waals surface area contributed by atoms with Crippen LogP contribution in [0.3, 0.4) is 0 Å². The maximum Gasteiger partial charge on any atom is 0.509 e. The van der Waals surface area contributed by atoms with Crippen LogP contribution in [-0.4, -0.2) is 17.3 Å². The van der Waals surface area contributed by atoms with E-state index in [1.165, 1.54) is 0 Å². The molecule has 0 bridgehead atoms. The highest BCUT2D eigenvalue weighted by Gasteiger charge is 2.18. The molecule has 0 aliphatic rings. The van der Waals surface area contributed by atoms with E-state index in [0.717, 1.165) is 0 Å². The van der Waals surface area contributed by atoms with E-state index in [-0.39, 0.29) is 0 Å². The molecule has 0 aliphatic heterocycles. The second-order valence-electron chi connectivity index (χ2n) is 2.15. The molecular formula is C6H11BrO3. The van der Waals surface area contributed by atoms with E-state index in [9.17, 15) is 4.79 Å². The Labute approximate surface area is 68.8 Å². The zero-order valence-corrected chi connectivity index (χ0v) is 7.90. The summed E-state index contributed by atoms with van der Waals surface area (Å²) in [6.45, 7) is 5.48. The second kappa shape index (κ2) is 3.81. The Morgan fingerprint density at radius 3 is 2.40 bits per heavy atom. The molecular weight excluding hydrogens is 200 g/mol. The summed E-state index contributed by atoms with van der Waals surface area (Å²) in [7, 11) is 0. The average molecular weight is 211 g/mol. The fraction of sp³-hybridized carbons (Fsp3) is 0.833. The number of carbonyl (C=O) groups is 1. The van der Waals surface area contributed by atoms with Crippen molar-refractivity contribution in [3.8, 4) is 0 Å². The van der Waals surface area contributed by atoms with E-state index in [2.05, 4.69) is 20.7 Å². The van der Waals surface area contributed by atoms with Gasteiger partial charge in [-0.15, -0.1) is 0 Å². The minimum absolute atomic E-state index is 0.335. The quantitative estimate of drug-likeness (QED) is 0.519. The lowest BCUT2D eigenvalue weighted by atomic mass is 10.5. The van der Waals surface area contributed by atoms with Crippen molar-refractivity contribution in [1.29, 1.82) is 0 Å². The van der Waals surface area contributed by atoms with Gasteiger partial charge in [0.1, 0.15) is 0 Å². The van der Waals surface area contributed by atoms with Crippen molar-refractivity contribution in [3.63, 3.8) is 0 Å². The van der Waals surface area contributed by atoms with E-state index in [1.807, 2.05) is 0 Å². The molecule has 0 saturated heterocycles. The Bertz CT molecular complexity index is 117. The van der Waals surface area contributed by atoms with Crippen LogP contribution in [0.1, 0.15) is 20.8 Å². The number of hydrogen-bond acceptors (Lipinski definition) is 3. The van der Waals surface area contributed by atoms with Crippen molar-refractivity contribution in [3.05, 3.63) is 0 Å². The third kappa shape index (κ3) is 5.88. The summed E-state index contributed by atoms with van der Waals surface area (Å²) in [6, 6.07) is 0. The summed E-state index contributed by atoms with van der Waals surface area (Å²) in [6.07, 6.45) is -0.649. The first-order valence-corrected chi connectivity index (χ1v) is 3.79. The molecule has 0 atom stereocenters. The van der Waals surface area contributed by atoms with Crippen molar-refractivity contribution in [1.82, 2.24) is 0 Å². The van der Waals surface area contributed by atoms with Gasteiger partial charge in [0.25, 0.3) is 0 Å². The first kappa shape index (κ1) is 9.75. The summed E-state index contributed by atoms with van der Waals surface area (Å²) in [5.74, 6) is 0. The Balaban J connectivity index is 3.58. The smallest absolute Gasteiger partial charge is 0.435 e. The van der Waals surface area contributed by atoms with Gasteiger partial charge in [-0.1, -0.05) is 0 Å². The van der Waals surface area contributed by atoms with Gasteiger partial charge in [0.15, 0.2) is 4.51 Å². The number of hydrogen-bond donors (Lipinski definition) is 0. The van der Waals surface area contributed by atoms with Crippen LogP contribution >= 0.6 is 15.9 Å². The van der Waals surface area contributed by atoms with Crippen LogP contribution in [0.4, 0.5) is 4.79 Å². The molecule has 0 aromatic rings. The van der Waals surface area contributed by atoms with E-state index < -0.39 is 10.7 Å². The predicted octanol–water partition coefficient (Wildman–Crippen LogP) is 2.29. The average Bonchev–Trinajstić information content (AvgIpc) is 1.59. The highest BCUT2D eigenvalue weighted by molar-refractivity contribution is 9.10. The summed E-state index contributed by atoms with van der Waals surface area (Å²) in [4.78, 5) is 10.6. The highest BCUT2D eigenvalue weighted by Crippen LogP contribution is 2.17. The molecule has 0 radical (unpaired) electrons. The maximum absolute atomic E-state index is 10.6. The molecule has 0 heterocycles. The van der Waals surface area contributed by atoms with Gasteiger partial charge in [0.2, 0.25) is 0 Å². The van der Waals surface area contributed by atoms with Gasteiger partial charge in [-0.2, -0.15) is 0 Å².